The molecule has 1 aliphatic rings. The molecule has 3 aromatic rings. The Morgan fingerprint density at radius 1 is 1.11 bits per heavy atom. The zero-order chi connectivity index (χ0) is 24.9. The van der Waals surface area contributed by atoms with Crippen LogP contribution >= 0.6 is 11.6 Å². The van der Waals surface area contributed by atoms with E-state index in [1.165, 1.54) is 11.1 Å². The fraction of sp³-hybridized carbons (Fsp3) is 0.393. The summed E-state index contributed by atoms with van der Waals surface area (Å²) in [4.78, 5) is 10.9. The number of carboxylic acid groups (broad SMARTS) is 1. The Labute approximate surface area is 211 Å². The van der Waals surface area contributed by atoms with Gasteiger partial charge in [0.25, 0.3) is 0 Å². The van der Waals surface area contributed by atoms with Crippen molar-refractivity contribution in [2.75, 3.05) is 14.2 Å². The number of rotatable bonds is 11. The quantitative estimate of drug-likeness (QED) is 0.374. The van der Waals surface area contributed by atoms with E-state index in [4.69, 9.17) is 26.2 Å². The number of aliphatic carboxylic acids is 1. The minimum Gasteiger partial charge on any atom is -0.495 e. The Morgan fingerprint density at radius 3 is 2.31 bits per heavy atom. The van der Waals surface area contributed by atoms with Crippen molar-refractivity contribution < 1.29 is 24.5 Å². The molecule has 2 atom stereocenters. The van der Waals surface area contributed by atoms with Gasteiger partial charge in [0.15, 0.2) is 0 Å². The van der Waals surface area contributed by atoms with Crippen LogP contribution in [0.5, 0.6) is 11.5 Å². The summed E-state index contributed by atoms with van der Waals surface area (Å²) in [7, 11) is 3.09. The average Bonchev–Trinajstić information content (AvgIpc) is 3.48. The number of benzene rings is 2. The first-order valence-corrected chi connectivity index (χ1v) is 12.3. The van der Waals surface area contributed by atoms with Crippen molar-refractivity contribution in [3.63, 3.8) is 0 Å². The molecule has 0 spiro atoms. The fourth-order valence-corrected chi connectivity index (χ4v) is 5.42. The lowest BCUT2D eigenvalue weighted by Gasteiger charge is -2.27. The summed E-state index contributed by atoms with van der Waals surface area (Å²) in [5.41, 5.74) is 4.44. The van der Waals surface area contributed by atoms with Crippen LogP contribution in [0.1, 0.15) is 41.2 Å². The molecule has 0 saturated heterocycles. The molecule has 35 heavy (non-hydrogen) atoms. The molecule has 0 aliphatic heterocycles. The molecule has 0 amide bonds. The number of aryl methyl sites for hydroxylation is 1. The SMILES string of the molecule is COc1cc([C@@H](O)[C@H](CC2Cc3ccccc3C2)Cn2ccc(CCC(=O)O)c2)cc(OC)c1Cl. The first-order chi connectivity index (χ1) is 16.9. The minimum atomic E-state index is -0.808. The predicted molar refractivity (Wildman–Crippen MR) is 135 cm³/mol. The molecule has 7 heteroatoms. The first kappa shape index (κ1) is 25.1. The van der Waals surface area contributed by atoms with Crippen molar-refractivity contribution in [3.05, 3.63) is 82.1 Å². The maximum atomic E-state index is 11.6. The maximum absolute atomic E-state index is 11.6. The molecule has 1 aromatic heterocycles. The summed E-state index contributed by atoms with van der Waals surface area (Å²) in [6.07, 6.45) is 6.61. The molecule has 2 aromatic carbocycles. The van der Waals surface area contributed by atoms with Gasteiger partial charge in [-0.1, -0.05) is 35.9 Å². The van der Waals surface area contributed by atoms with Gasteiger partial charge in [0, 0.05) is 31.3 Å². The lowest BCUT2D eigenvalue weighted by atomic mass is 9.85. The average molecular weight is 498 g/mol. The molecule has 1 heterocycles. The Balaban J connectivity index is 1.58. The molecule has 0 fully saturated rings. The second-order valence-electron chi connectivity index (χ2n) is 9.33. The molecule has 0 unspecified atom stereocenters. The van der Waals surface area contributed by atoms with Crippen LogP contribution in [-0.4, -0.2) is 35.0 Å². The topological polar surface area (TPSA) is 80.9 Å². The standard InChI is InChI=1S/C28H32ClNO5/c1-34-24-14-22(15-25(35-2)27(24)29)28(33)23(13-19-11-20-5-3-4-6-21(20)12-19)17-30-10-9-18(16-30)7-8-26(31)32/h3-6,9-10,14-16,19,23,28,33H,7-8,11-13,17H2,1-2H3,(H,31,32)/t23-,28-/m1/s1. The molecule has 6 nitrogen and oxygen atoms in total. The summed E-state index contributed by atoms with van der Waals surface area (Å²) >= 11 is 6.36. The highest BCUT2D eigenvalue weighted by Gasteiger charge is 2.30. The van der Waals surface area contributed by atoms with Gasteiger partial charge in [0.1, 0.15) is 16.5 Å². The Bertz CT molecular complexity index is 1120. The van der Waals surface area contributed by atoms with E-state index in [0.717, 1.165) is 24.8 Å². The highest BCUT2D eigenvalue weighted by atomic mass is 35.5. The molecule has 1 aliphatic carbocycles. The molecule has 0 radical (unpaired) electrons. The van der Waals surface area contributed by atoms with Crippen LogP contribution in [0.15, 0.2) is 54.9 Å². The van der Waals surface area contributed by atoms with Gasteiger partial charge in [-0.15, -0.1) is 0 Å². The van der Waals surface area contributed by atoms with Gasteiger partial charge >= 0.3 is 5.97 Å². The van der Waals surface area contributed by atoms with Crippen molar-refractivity contribution in [1.82, 2.24) is 4.57 Å². The molecular weight excluding hydrogens is 466 g/mol. The smallest absolute Gasteiger partial charge is 0.303 e. The van der Waals surface area contributed by atoms with Crippen molar-refractivity contribution in [2.24, 2.45) is 11.8 Å². The van der Waals surface area contributed by atoms with E-state index in [1.807, 2.05) is 18.5 Å². The molecule has 186 valence electrons. The first-order valence-electron chi connectivity index (χ1n) is 11.9. The van der Waals surface area contributed by atoms with Gasteiger partial charge in [-0.05, 0) is 72.1 Å². The number of ether oxygens (including phenoxy) is 2. The van der Waals surface area contributed by atoms with Gasteiger partial charge in [-0.2, -0.15) is 0 Å². The van der Waals surface area contributed by atoms with Crippen molar-refractivity contribution >= 4 is 17.6 Å². The highest BCUT2D eigenvalue weighted by molar-refractivity contribution is 6.33. The third-order valence-electron chi connectivity index (χ3n) is 6.91. The zero-order valence-electron chi connectivity index (χ0n) is 20.1. The second-order valence-corrected chi connectivity index (χ2v) is 9.71. The number of aromatic nitrogens is 1. The van der Waals surface area contributed by atoms with Crippen LogP contribution in [-0.2, 0) is 30.6 Å². The van der Waals surface area contributed by atoms with Crippen LogP contribution in [0.4, 0.5) is 0 Å². The van der Waals surface area contributed by atoms with E-state index < -0.39 is 12.1 Å². The van der Waals surface area contributed by atoms with Gasteiger partial charge < -0.3 is 24.3 Å². The largest absolute Gasteiger partial charge is 0.495 e. The number of hydrogen-bond acceptors (Lipinski definition) is 4. The molecule has 4 rings (SSSR count). The van der Waals surface area contributed by atoms with E-state index in [9.17, 15) is 9.90 Å². The Morgan fingerprint density at radius 2 is 1.74 bits per heavy atom. The monoisotopic (exact) mass is 497 g/mol. The number of fused-ring (bicyclic) bond motifs is 1. The van der Waals surface area contributed by atoms with Crippen LogP contribution in [0, 0.1) is 11.8 Å². The predicted octanol–water partition coefficient (Wildman–Crippen LogP) is 5.33. The normalized spacial score (nSPS) is 15.0. The summed E-state index contributed by atoms with van der Waals surface area (Å²) in [5.74, 6) is 0.473. The van der Waals surface area contributed by atoms with Gasteiger partial charge in [0.2, 0.25) is 0 Å². The van der Waals surface area contributed by atoms with Crippen LogP contribution in [0.3, 0.4) is 0 Å². The number of carbonyl (C=O) groups is 1. The maximum Gasteiger partial charge on any atom is 0.303 e. The highest BCUT2D eigenvalue weighted by Crippen LogP contribution is 2.41. The molecular formula is C28H32ClNO5. The summed E-state index contributed by atoms with van der Waals surface area (Å²) in [5, 5.41) is 21.0. The summed E-state index contributed by atoms with van der Waals surface area (Å²) < 4.78 is 12.9. The van der Waals surface area contributed by atoms with Crippen LogP contribution in [0.2, 0.25) is 5.02 Å². The minimum absolute atomic E-state index is 0.0791. The number of halogens is 1. The number of methoxy groups -OCH3 is 2. The van der Waals surface area contributed by atoms with Gasteiger partial charge in [0.05, 0.1) is 20.3 Å². The van der Waals surface area contributed by atoms with E-state index in [-0.39, 0.29) is 12.3 Å². The van der Waals surface area contributed by atoms with E-state index in [1.54, 1.807) is 26.4 Å². The van der Waals surface area contributed by atoms with Crippen LogP contribution < -0.4 is 9.47 Å². The summed E-state index contributed by atoms with van der Waals surface area (Å²) in [6.45, 7) is 0.605. The zero-order valence-corrected chi connectivity index (χ0v) is 20.9. The van der Waals surface area contributed by atoms with Crippen molar-refractivity contribution in [2.45, 2.75) is 44.8 Å². The van der Waals surface area contributed by atoms with E-state index in [0.29, 0.717) is 41.0 Å². The molecule has 2 N–H and O–H groups in total. The lowest BCUT2D eigenvalue weighted by Crippen LogP contribution is -2.22. The van der Waals surface area contributed by atoms with E-state index in [2.05, 4.69) is 28.8 Å². The third-order valence-corrected chi connectivity index (χ3v) is 7.28. The number of carboxylic acids is 1. The van der Waals surface area contributed by atoms with Gasteiger partial charge in [-0.25, -0.2) is 0 Å². The second kappa shape index (κ2) is 11.2. The number of hydrogen-bond donors (Lipinski definition) is 2. The Hall–Kier alpha value is -2.96. The summed E-state index contributed by atoms with van der Waals surface area (Å²) in [6, 6.07) is 14.1. The van der Waals surface area contributed by atoms with Gasteiger partial charge in [-0.3, -0.25) is 4.79 Å². The number of aliphatic hydroxyl groups excluding tert-OH is 1. The lowest BCUT2D eigenvalue weighted by molar-refractivity contribution is -0.136. The third kappa shape index (κ3) is 6.00. The number of aliphatic hydroxyl groups is 1. The van der Waals surface area contributed by atoms with Crippen LogP contribution in [0.25, 0.3) is 0 Å². The Kier molecular flexibility index (Phi) is 8.04. The van der Waals surface area contributed by atoms with E-state index >= 15 is 0 Å². The molecule has 0 bridgehead atoms. The molecule has 0 saturated carbocycles. The van der Waals surface area contributed by atoms with Crippen molar-refractivity contribution in [1.29, 1.82) is 0 Å². The fourth-order valence-electron chi connectivity index (χ4n) is 5.15. The van der Waals surface area contributed by atoms with Crippen molar-refractivity contribution in [3.8, 4) is 11.5 Å². The number of nitrogens with zero attached hydrogens (tertiary/aromatic N) is 1.